The van der Waals surface area contributed by atoms with E-state index in [4.69, 9.17) is 16.9 Å². The molecule has 1 aliphatic rings. The van der Waals surface area contributed by atoms with E-state index in [2.05, 4.69) is 35.2 Å². The lowest BCUT2D eigenvalue weighted by molar-refractivity contribution is -0.131. The largest absolute Gasteiger partial charge is 0.338 e. The first-order valence-corrected chi connectivity index (χ1v) is 8.26. The van der Waals surface area contributed by atoms with E-state index in [1.807, 2.05) is 6.07 Å². The fourth-order valence-corrected chi connectivity index (χ4v) is 3.14. The number of amides is 1. The average molecular weight is 320 g/mol. The van der Waals surface area contributed by atoms with Crippen LogP contribution in [0.3, 0.4) is 0 Å². The first-order valence-electron chi connectivity index (χ1n) is 7.73. The van der Waals surface area contributed by atoms with E-state index in [9.17, 15) is 4.79 Å². The number of nitriles is 1. The van der Waals surface area contributed by atoms with Crippen molar-refractivity contribution in [3.63, 3.8) is 0 Å². The quantitative estimate of drug-likeness (QED) is 0.757. The maximum Gasteiger partial charge on any atom is 0.237 e. The maximum atomic E-state index is 12.0. The topological polar surface area (TPSA) is 47.3 Å². The summed E-state index contributed by atoms with van der Waals surface area (Å²) in [6.45, 7) is 3.39. The van der Waals surface area contributed by atoms with Gasteiger partial charge in [0.05, 0.1) is 12.5 Å². The van der Waals surface area contributed by atoms with E-state index in [-0.39, 0.29) is 17.8 Å². The van der Waals surface area contributed by atoms with Crippen LogP contribution < -0.4 is 0 Å². The standard InChI is InChI=1S/C17H22ClN3O/c18-13-17(22)21(10-4-9-19)16-7-11-20(12-8-16)14-15-5-2-1-3-6-15/h1-3,5-6,16H,4,7-8,10-14H2. The predicted octanol–water partition coefficient (Wildman–Crippen LogP) is 2.63. The minimum atomic E-state index is -0.0570. The second-order valence-electron chi connectivity index (χ2n) is 5.62. The molecule has 1 aromatic rings. The van der Waals surface area contributed by atoms with Crippen molar-refractivity contribution in [1.82, 2.24) is 9.80 Å². The van der Waals surface area contributed by atoms with Crippen LogP contribution in [0.1, 0.15) is 24.8 Å². The van der Waals surface area contributed by atoms with E-state index >= 15 is 0 Å². The molecule has 1 saturated heterocycles. The Kier molecular flexibility index (Phi) is 6.70. The third-order valence-electron chi connectivity index (χ3n) is 4.15. The maximum absolute atomic E-state index is 12.0. The Hall–Kier alpha value is -1.57. The Balaban J connectivity index is 1.86. The van der Waals surface area contributed by atoms with Gasteiger partial charge in [0.2, 0.25) is 5.91 Å². The first kappa shape index (κ1) is 16.8. The summed E-state index contributed by atoms with van der Waals surface area (Å²) in [5.74, 6) is -0.0613. The van der Waals surface area contributed by atoms with Gasteiger partial charge in [-0.2, -0.15) is 5.26 Å². The van der Waals surface area contributed by atoms with Gasteiger partial charge in [0, 0.05) is 32.2 Å². The van der Waals surface area contributed by atoms with E-state index in [1.54, 1.807) is 4.90 Å². The zero-order valence-corrected chi connectivity index (χ0v) is 13.5. The molecule has 5 heteroatoms. The molecule has 0 aromatic heterocycles. The third-order valence-corrected chi connectivity index (χ3v) is 4.37. The van der Waals surface area contributed by atoms with Crippen LogP contribution in [0.4, 0.5) is 0 Å². The molecule has 118 valence electrons. The highest BCUT2D eigenvalue weighted by Crippen LogP contribution is 2.19. The normalized spacial score (nSPS) is 16.2. The van der Waals surface area contributed by atoms with Crippen molar-refractivity contribution in [2.24, 2.45) is 0 Å². The Bertz CT molecular complexity index is 506. The molecule has 1 fully saturated rings. The van der Waals surface area contributed by atoms with Crippen molar-refractivity contribution in [3.8, 4) is 6.07 Å². The summed E-state index contributed by atoms with van der Waals surface area (Å²) < 4.78 is 0. The zero-order valence-electron chi connectivity index (χ0n) is 12.7. The number of piperidine rings is 1. The Labute approximate surface area is 137 Å². The molecule has 0 aliphatic carbocycles. The van der Waals surface area contributed by atoms with Crippen molar-refractivity contribution in [1.29, 1.82) is 5.26 Å². The fourth-order valence-electron chi connectivity index (χ4n) is 2.99. The molecule has 1 amide bonds. The molecule has 2 rings (SSSR count). The average Bonchev–Trinajstić information content (AvgIpc) is 2.57. The van der Waals surface area contributed by atoms with Crippen molar-refractivity contribution in [3.05, 3.63) is 35.9 Å². The van der Waals surface area contributed by atoms with Gasteiger partial charge >= 0.3 is 0 Å². The molecule has 1 aliphatic heterocycles. The summed E-state index contributed by atoms with van der Waals surface area (Å²) in [5, 5.41) is 8.74. The minimum absolute atomic E-state index is 0.00431. The van der Waals surface area contributed by atoms with Crippen molar-refractivity contribution in [2.75, 3.05) is 25.5 Å². The molecule has 0 unspecified atom stereocenters. The molecule has 4 nitrogen and oxygen atoms in total. The van der Waals surface area contributed by atoms with E-state index in [1.165, 1.54) is 5.56 Å². The van der Waals surface area contributed by atoms with Crippen LogP contribution in [0.5, 0.6) is 0 Å². The molecule has 22 heavy (non-hydrogen) atoms. The molecule has 0 bridgehead atoms. The van der Waals surface area contributed by atoms with Gasteiger partial charge in [0.15, 0.2) is 0 Å². The molecule has 1 aromatic carbocycles. The van der Waals surface area contributed by atoms with Crippen LogP contribution in [0.25, 0.3) is 0 Å². The van der Waals surface area contributed by atoms with Crippen LogP contribution in [-0.2, 0) is 11.3 Å². The van der Waals surface area contributed by atoms with Gasteiger partial charge in [-0.05, 0) is 18.4 Å². The Morgan fingerprint density at radius 2 is 2.00 bits per heavy atom. The second kappa shape index (κ2) is 8.77. The summed E-state index contributed by atoms with van der Waals surface area (Å²) in [6.07, 6.45) is 2.26. The van der Waals surface area contributed by atoms with Crippen LogP contribution in [0, 0.1) is 11.3 Å². The highest BCUT2D eigenvalue weighted by atomic mass is 35.5. The number of likely N-dealkylation sites (tertiary alicyclic amines) is 1. The van der Waals surface area contributed by atoms with Crippen LogP contribution in [0.15, 0.2) is 30.3 Å². The number of halogens is 1. The lowest BCUT2D eigenvalue weighted by Gasteiger charge is -2.38. The molecule has 0 atom stereocenters. The summed E-state index contributed by atoms with van der Waals surface area (Å²) in [7, 11) is 0. The molecule has 1 heterocycles. The monoisotopic (exact) mass is 319 g/mol. The molecular weight excluding hydrogens is 298 g/mol. The van der Waals surface area contributed by atoms with E-state index in [0.29, 0.717) is 13.0 Å². The summed E-state index contributed by atoms with van der Waals surface area (Å²) >= 11 is 5.70. The fraction of sp³-hybridized carbons (Fsp3) is 0.529. The van der Waals surface area contributed by atoms with Gasteiger partial charge in [-0.25, -0.2) is 0 Å². The number of carbonyl (C=O) groups excluding carboxylic acids is 1. The first-order chi connectivity index (χ1) is 10.7. The lowest BCUT2D eigenvalue weighted by Crippen LogP contribution is -2.48. The van der Waals surface area contributed by atoms with Crippen LogP contribution in [-0.4, -0.2) is 47.3 Å². The van der Waals surface area contributed by atoms with Gasteiger partial charge in [0.1, 0.15) is 5.88 Å². The number of rotatable bonds is 6. The number of nitrogens with zero attached hydrogens (tertiary/aromatic N) is 3. The zero-order chi connectivity index (χ0) is 15.8. The summed E-state index contributed by atoms with van der Waals surface area (Å²) in [6, 6.07) is 12.8. The molecule has 0 saturated carbocycles. The summed E-state index contributed by atoms with van der Waals surface area (Å²) in [5.41, 5.74) is 1.32. The van der Waals surface area contributed by atoms with E-state index in [0.717, 1.165) is 32.5 Å². The number of hydrogen-bond acceptors (Lipinski definition) is 3. The van der Waals surface area contributed by atoms with Crippen molar-refractivity contribution in [2.45, 2.75) is 31.8 Å². The van der Waals surface area contributed by atoms with Gasteiger partial charge < -0.3 is 4.90 Å². The Morgan fingerprint density at radius 3 is 2.59 bits per heavy atom. The van der Waals surface area contributed by atoms with Gasteiger partial charge in [0.25, 0.3) is 0 Å². The number of alkyl halides is 1. The van der Waals surface area contributed by atoms with E-state index < -0.39 is 0 Å². The van der Waals surface area contributed by atoms with Crippen molar-refractivity contribution < 1.29 is 4.79 Å². The highest BCUT2D eigenvalue weighted by molar-refractivity contribution is 6.27. The number of hydrogen-bond donors (Lipinski definition) is 0. The molecule has 0 N–H and O–H groups in total. The molecule has 0 spiro atoms. The second-order valence-corrected chi connectivity index (χ2v) is 5.89. The minimum Gasteiger partial charge on any atom is -0.338 e. The SMILES string of the molecule is N#CCCN(C(=O)CCl)C1CCN(Cc2ccccc2)CC1. The smallest absolute Gasteiger partial charge is 0.237 e. The van der Waals surface area contributed by atoms with Gasteiger partial charge in [-0.3, -0.25) is 9.69 Å². The third kappa shape index (κ3) is 4.72. The van der Waals surface area contributed by atoms with Crippen LogP contribution in [0.2, 0.25) is 0 Å². The van der Waals surface area contributed by atoms with Gasteiger partial charge in [-0.15, -0.1) is 11.6 Å². The molecule has 0 radical (unpaired) electrons. The number of carbonyl (C=O) groups is 1. The summed E-state index contributed by atoms with van der Waals surface area (Å²) in [4.78, 5) is 16.2. The predicted molar refractivity (Wildman–Crippen MR) is 87.4 cm³/mol. The highest BCUT2D eigenvalue weighted by Gasteiger charge is 2.27. The number of benzene rings is 1. The van der Waals surface area contributed by atoms with Crippen molar-refractivity contribution >= 4 is 17.5 Å². The lowest BCUT2D eigenvalue weighted by atomic mass is 10.0. The van der Waals surface area contributed by atoms with Crippen LogP contribution >= 0.6 is 11.6 Å². The Morgan fingerprint density at radius 1 is 1.32 bits per heavy atom. The van der Waals surface area contributed by atoms with Gasteiger partial charge in [-0.1, -0.05) is 30.3 Å². The molecular formula is C17H22ClN3O.